The smallest absolute Gasteiger partial charge is 0.169 e. The molecule has 1 aromatic rings. The highest BCUT2D eigenvalue weighted by Crippen LogP contribution is 2.38. The topological polar surface area (TPSA) is 34.1 Å². The third-order valence-corrected chi connectivity index (χ3v) is 3.91. The fourth-order valence-corrected chi connectivity index (χ4v) is 3.04. The average molecular weight is 270 g/mol. The summed E-state index contributed by atoms with van der Waals surface area (Å²) in [6.07, 6.45) is 3.85. The fourth-order valence-electron chi connectivity index (χ4n) is 3.04. The van der Waals surface area contributed by atoms with Crippen LogP contribution in [0.15, 0.2) is 42.0 Å². The van der Waals surface area contributed by atoms with Crippen molar-refractivity contribution in [1.82, 2.24) is 0 Å². The SMILES string of the molecule is CCC(C(=O)c1ccccc1)C1=CC(=O)CC(C)(C)C1. The van der Waals surface area contributed by atoms with Gasteiger partial charge in [0, 0.05) is 17.9 Å². The molecule has 0 fully saturated rings. The highest BCUT2D eigenvalue weighted by atomic mass is 16.1. The van der Waals surface area contributed by atoms with Gasteiger partial charge in [-0.05, 0) is 24.3 Å². The monoisotopic (exact) mass is 270 g/mol. The molecule has 2 rings (SSSR count). The molecule has 106 valence electrons. The van der Waals surface area contributed by atoms with E-state index in [9.17, 15) is 9.59 Å². The molecular formula is C18H22O2. The number of ketones is 2. The Morgan fingerprint density at radius 3 is 2.40 bits per heavy atom. The minimum absolute atomic E-state index is 0.0362. The first kappa shape index (κ1) is 14.7. The van der Waals surface area contributed by atoms with Crippen LogP contribution in [0.2, 0.25) is 0 Å². The van der Waals surface area contributed by atoms with E-state index in [1.165, 1.54) is 0 Å². The van der Waals surface area contributed by atoms with E-state index < -0.39 is 0 Å². The minimum atomic E-state index is -0.166. The van der Waals surface area contributed by atoms with E-state index in [1.54, 1.807) is 6.08 Å². The van der Waals surface area contributed by atoms with E-state index in [4.69, 9.17) is 0 Å². The van der Waals surface area contributed by atoms with Gasteiger partial charge in [0.15, 0.2) is 11.6 Å². The van der Waals surface area contributed by atoms with Crippen LogP contribution in [0.1, 0.15) is 50.4 Å². The van der Waals surface area contributed by atoms with Gasteiger partial charge in [-0.25, -0.2) is 0 Å². The van der Waals surface area contributed by atoms with E-state index in [0.29, 0.717) is 6.42 Å². The predicted octanol–water partition coefficient (Wildman–Crippen LogP) is 4.21. The lowest BCUT2D eigenvalue weighted by atomic mass is 9.72. The molecule has 2 nitrogen and oxygen atoms in total. The predicted molar refractivity (Wildman–Crippen MR) is 80.7 cm³/mol. The average Bonchev–Trinajstić information content (AvgIpc) is 2.38. The van der Waals surface area contributed by atoms with Crippen molar-refractivity contribution in [1.29, 1.82) is 0 Å². The molecule has 0 aromatic heterocycles. The summed E-state index contributed by atoms with van der Waals surface area (Å²) >= 11 is 0. The molecule has 0 N–H and O–H groups in total. The molecule has 0 aliphatic heterocycles. The molecule has 0 saturated carbocycles. The number of carbonyl (C=O) groups excluding carboxylic acids is 2. The van der Waals surface area contributed by atoms with Crippen LogP contribution in [-0.4, -0.2) is 11.6 Å². The lowest BCUT2D eigenvalue weighted by Crippen LogP contribution is -2.27. The van der Waals surface area contributed by atoms with Crippen LogP contribution in [0.5, 0.6) is 0 Å². The molecule has 2 heteroatoms. The van der Waals surface area contributed by atoms with Crippen molar-refractivity contribution in [2.75, 3.05) is 0 Å². The molecular weight excluding hydrogens is 248 g/mol. The van der Waals surface area contributed by atoms with Gasteiger partial charge in [-0.2, -0.15) is 0 Å². The number of carbonyl (C=O) groups is 2. The molecule has 1 atom stereocenters. The Balaban J connectivity index is 2.29. The number of Topliss-reactive ketones (excluding diaryl/α,β-unsaturated/α-hetero) is 1. The van der Waals surface area contributed by atoms with Crippen LogP contribution < -0.4 is 0 Å². The maximum atomic E-state index is 12.6. The highest BCUT2D eigenvalue weighted by Gasteiger charge is 2.32. The number of hydrogen-bond acceptors (Lipinski definition) is 2. The Hall–Kier alpha value is -1.70. The van der Waals surface area contributed by atoms with Gasteiger partial charge >= 0.3 is 0 Å². The van der Waals surface area contributed by atoms with Gasteiger partial charge in [0.05, 0.1) is 0 Å². The van der Waals surface area contributed by atoms with Crippen LogP contribution in [-0.2, 0) is 4.79 Å². The summed E-state index contributed by atoms with van der Waals surface area (Å²) in [5.74, 6) is 0.112. The van der Waals surface area contributed by atoms with Crippen molar-refractivity contribution < 1.29 is 9.59 Å². The zero-order chi connectivity index (χ0) is 14.8. The zero-order valence-corrected chi connectivity index (χ0v) is 12.5. The Bertz CT molecular complexity index is 538. The first-order valence-electron chi connectivity index (χ1n) is 7.25. The third-order valence-electron chi connectivity index (χ3n) is 3.91. The van der Waals surface area contributed by atoms with Crippen LogP contribution in [0.25, 0.3) is 0 Å². The van der Waals surface area contributed by atoms with Gasteiger partial charge < -0.3 is 0 Å². The summed E-state index contributed by atoms with van der Waals surface area (Å²) in [4.78, 5) is 24.5. The fraction of sp³-hybridized carbons (Fsp3) is 0.444. The highest BCUT2D eigenvalue weighted by molar-refractivity contribution is 6.01. The van der Waals surface area contributed by atoms with E-state index in [0.717, 1.165) is 24.0 Å². The zero-order valence-electron chi connectivity index (χ0n) is 12.5. The lowest BCUT2D eigenvalue weighted by molar-refractivity contribution is -0.117. The van der Waals surface area contributed by atoms with E-state index >= 15 is 0 Å². The van der Waals surface area contributed by atoms with Crippen LogP contribution in [0.3, 0.4) is 0 Å². The molecule has 0 saturated heterocycles. The second kappa shape index (κ2) is 5.74. The molecule has 0 bridgehead atoms. The van der Waals surface area contributed by atoms with E-state index in [2.05, 4.69) is 13.8 Å². The first-order valence-corrected chi connectivity index (χ1v) is 7.25. The van der Waals surface area contributed by atoms with Crippen molar-refractivity contribution >= 4 is 11.6 Å². The van der Waals surface area contributed by atoms with Crippen LogP contribution in [0, 0.1) is 11.3 Å². The number of benzene rings is 1. The van der Waals surface area contributed by atoms with Crippen molar-refractivity contribution in [3.8, 4) is 0 Å². The van der Waals surface area contributed by atoms with E-state index in [1.807, 2.05) is 37.3 Å². The maximum absolute atomic E-state index is 12.6. The molecule has 20 heavy (non-hydrogen) atoms. The third kappa shape index (κ3) is 3.24. The summed E-state index contributed by atoms with van der Waals surface area (Å²) in [6.45, 7) is 6.20. The van der Waals surface area contributed by atoms with Crippen molar-refractivity contribution in [3.63, 3.8) is 0 Å². The van der Waals surface area contributed by atoms with Crippen LogP contribution >= 0.6 is 0 Å². The standard InChI is InChI=1S/C18H22O2/c1-4-16(17(20)13-8-6-5-7-9-13)14-10-15(19)12-18(2,3)11-14/h5-10,16H,4,11-12H2,1-3H3. The van der Waals surface area contributed by atoms with Crippen LogP contribution in [0.4, 0.5) is 0 Å². The molecule has 0 amide bonds. The summed E-state index contributed by atoms with van der Waals surface area (Å²) in [5.41, 5.74) is 1.70. The number of allylic oxidation sites excluding steroid dienone is 2. The van der Waals surface area contributed by atoms with Gasteiger partial charge in [0.1, 0.15) is 0 Å². The molecule has 0 spiro atoms. The second-order valence-corrected chi connectivity index (χ2v) is 6.39. The molecule has 1 unspecified atom stereocenters. The van der Waals surface area contributed by atoms with Gasteiger partial charge in [-0.15, -0.1) is 0 Å². The van der Waals surface area contributed by atoms with Gasteiger partial charge in [0.2, 0.25) is 0 Å². The van der Waals surface area contributed by atoms with Gasteiger partial charge in [-0.3, -0.25) is 9.59 Å². The van der Waals surface area contributed by atoms with Crippen molar-refractivity contribution in [3.05, 3.63) is 47.5 Å². The van der Waals surface area contributed by atoms with Crippen molar-refractivity contribution in [2.45, 2.75) is 40.0 Å². The second-order valence-electron chi connectivity index (χ2n) is 6.39. The summed E-state index contributed by atoms with van der Waals surface area (Å²) in [7, 11) is 0. The lowest BCUT2D eigenvalue weighted by Gasteiger charge is -2.31. The summed E-state index contributed by atoms with van der Waals surface area (Å²) < 4.78 is 0. The quantitative estimate of drug-likeness (QED) is 0.768. The summed E-state index contributed by atoms with van der Waals surface area (Å²) in [6, 6.07) is 9.36. The maximum Gasteiger partial charge on any atom is 0.169 e. The minimum Gasteiger partial charge on any atom is -0.295 e. The molecule has 1 aliphatic rings. The van der Waals surface area contributed by atoms with Gasteiger partial charge in [0.25, 0.3) is 0 Å². The largest absolute Gasteiger partial charge is 0.295 e. The number of hydrogen-bond donors (Lipinski definition) is 0. The Kier molecular flexibility index (Phi) is 4.22. The van der Waals surface area contributed by atoms with Gasteiger partial charge in [-0.1, -0.05) is 56.7 Å². The molecule has 1 aliphatic carbocycles. The van der Waals surface area contributed by atoms with E-state index in [-0.39, 0.29) is 22.9 Å². The Morgan fingerprint density at radius 2 is 1.85 bits per heavy atom. The first-order chi connectivity index (χ1) is 9.43. The molecule has 0 radical (unpaired) electrons. The normalized spacial score (nSPS) is 19.4. The molecule has 0 heterocycles. The Labute approximate surface area is 120 Å². The molecule has 1 aromatic carbocycles. The summed E-state index contributed by atoms with van der Waals surface area (Å²) in [5, 5.41) is 0. The number of rotatable bonds is 4. The van der Waals surface area contributed by atoms with Crippen molar-refractivity contribution in [2.24, 2.45) is 11.3 Å². The Morgan fingerprint density at radius 1 is 1.20 bits per heavy atom.